The SMILES string of the molecule is Cc1cc(C)nc(N/N=C/c2cccn2-c2cccc(C(F)(F)F)c2)n1. The smallest absolute Gasteiger partial charge is 0.316 e. The summed E-state index contributed by atoms with van der Waals surface area (Å²) in [7, 11) is 0. The van der Waals surface area contributed by atoms with Crippen LogP contribution in [0.4, 0.5) is 19.1 Å². The van der Waals surface area contributed by atoms with Gasteiger partial charge in [0.05, 0.1) is 17.5 Å². The van der Waals surface area contributed by atoms with Crippen LogP contribution < -0.4 is 5.43 Å². The molecule has 0 bridgehead atoms. The average molecular weight is 359 g/mol. The van der Waals surface area contributed by atoms with E-state index in [1.54, 1.807) is 29.0 Å². The van der Waals surface area contributed by atoms with Crippen LogP contribution >= 0.6 is 0 Å². The van der Waals surface area contributed by atoms with Crippen molar-refractivity contribution in [3.63, 3.8) is 0 Å². The van der Waals surface area contributed by atoms with E-state index in [9.17, 15) is 13.2 Å². The number of hydrazone groups is 1. The molecule has 0 amide bonds. The third kappa shape index (κ3) is 4.08. The Balaban J connectivity index is 1.83. The number of aryl methyl sites for hydroxylation is 2. The molecule has 5 nitrogen and oxygen atoms in total. The molecular formula is C18H16F3N5. The van der Waals surface area contributed by atoms with E-state index in [0.717, 1.165) is 23.5 Å². The van der Waals surface area contributed by atoms with Crippen molar-refractivity contribution in [2.24, 2.45) is 5.10 Å². The number of halogens is 3. The molecule has 0 aliphatic rings. The van der Waals surface area contributed by atoms with Gasteiger partial charge in [-0.05, 0) is 50.2 Å². The lowest BCUT2D eigenvalue weighted by molar-refractivity contribution is -0.137. The maximum Gasteiger partial charge on any atom is 0.416 e. The van der Waals surface area contributed by atoms with Crippen molar-refractivity contribution in [1.29, 1.82) is 0 Å². The number of rotatable bonds is 4. The number of benzene rings is 1. The zero-order chi connectivity index (χ0) is 18.7. The molecule has 2 heterocycles. The summed E-state index contributed by atoms with van der Waals surface area (Å²) >= 11 is 0. The van der Waals surface area contributed by atoms with Crippen LogP contribution in [0.2, 0.25) is 0 Å². The number of alkyl halides is 3. The minimum atomic E-state index is -4.39. The summed E-state index contributed by atoms with van der Waals surface area (Å²) in [6.07, 6.45) is -1.22. The fraction of sp³-hybridized carbons (Fsp3) is 0.167. The molecule has 0 radical (unpaired) electrons. The third-order valence-corrected chi connectivity index (χ3v) is 3.58. The summed E-state index contributed by atoms with van der Waals surface area (Å²) in [6.45, 7) is 3.70. The Hall–Kier alpha value is -3.16. The van der Waals surface area contributed by atoms with Crippen molar-refractivity contribution in [3.8, 4) is 5.69 Å². The predicted molar refractivity (Wildman–Crippen MR) is 93.5 cm³/mol. The molecule has 3 aromatic rings. The Morgan fingerprint density at radius 1 is 1.04 bits per heavy atom. The molecule has 1 N–H and O–H groups in total. The Labute approximate surface area is 148 Å². The molecule has 0 aliphatic heterocycles. The van der Waals surface area contributed by atoms with Gasteiger partial charge in [0.25, 0.3) is 0 Å². The van der Waals surface area contributed by atoms with Crippen molar-refractivity contribution in [3.05, 3.63) is 71.3 Å². The molecule has 0 atom stereocenters. The Morgan fingerprint density at radius 3 is 2.46 bits per heavy atom. The number of nitrogens with one attached hydrogen (secondary N) is 1. The van der Waals surface area contributed by atoms with Crippen molar-refractivity contribution in [1.82, 2.24) is 14.5 Å². The second-order valence-electron chi connectivity index (χ2n) is 5.70. The lowest BCUT2D eigenvalue weighted by Crippen LogP contribution is -2.07. The van der Waals surface area contributed by atoms with Gasteiger partial charge in [-0.15, -0.1) is 0 Å². The van der Waals surface area contributed by atoms with Crippen molar-refractivity contribution in [2.45, 2.75) is 20.0 Å². The first kappa shape index (κ1) is 17.7. The molecule has 0 aliphatic carbocycles. The van der Waals surface area contributed by atoms with Crippen LogP contribution in [-0.4, -0.2) is 20.7 Å². The predicted octanol–water partition coefficient (Wildman–Crippen LogP) is 4.35. The highest BCUT2D eigenvalue weighted by atomic mass is 19.4. The Bertz CT molecular complexity index is 924. The number of hydrogen-bond donors (Lipinski definition) is 1. The highest BCUT2D eigenvalue weighted by Gasteiger charge is 2.30. The van der Waals surface area contributed by atoms with Crippen LogP contribution in [0.15, 0.2) is 53.8 Å². The molecule has 134 valence electrons. The van der Waals surface area contributed by atoms with Crippen LogP contribution in [0.1, 0.15) is 22.6 Å². The summed E-state index contributed by atoms with van der Waals surface area (Å²) < 4.78 is 40.3. The lowest BCUT2D eigenvalue weighted by atomic mass is 10.2. The first-order valence-electron chi connectivity index (χ1n) is 7.79. The van der Waals surface area contributed by atoms with Gasteiger partial charge in [-0.1, -0.05) is 6.07 Å². The van der Waals surface area contributed by atoms with Crippen LogP contribution in [0.3, 0.4) is 0 Å². The second-order valence-corrected chi connectivity index (χ2v) is 5.70. The monoisotopic (exact) mass is 359 g/mol. The summed E-state index contributed by atoms with van der Waals surface area (Å²) in [5.41, 5.74) is 4.66. The van der Waals surface area contributed by atoms with Crippen LogP contribution in [0.25, 0.3) is 5.69 Å². The van der Waals surface area contributed by atoms with Crippen molar-refractivity contribution in [2.75, 3.05) is 5.43 Å². The molecule has 0 unspecified atom stereocenters. The number of hydrogen-bond acceptors (Lipinski definition) is 4. The van der Waals surface area contributed by atoms with E-state index >= 15 is 0 Å². The Kier molecular flexibility index (Phi) is 4.75. The van der Waals surface area contributed by atoms with Gasteiger partial charge in [-0.25, -0.2) is 15.4 Å². The fourth-order valence-corrected chi connectivity index (χ4v) is 2.50. The van der Waals surface area contributed by atoms with Crippen LogP contribution in [0, 0.1) is 13.8 Å². The van der Waals surface area contributed by atoms with Gasteiger partial charge in [0, 0.05) is 23.3 Å². The second kappa shape index (κ2) is 6.99. The molecule has 0 spiro atoms. The van der Waals surface area contributed by atoms with E-state index in [2.05, 4.69) is 20.5 Å². The summed E-state index contributed by atoms with van der Waals surface area (Å²) in [5, 5.41) is 4.08. The van der Waals surface area contributed by atoms with Crippen molar-refractivity contribution < 1.29 is 13.2 Å². The number of anilines is 1. The summed E-state index contributed by atoms with van der Waals surface area (Å²) in [4.78, 5) is 8.41. The van der Waals surface area contributed by atoms with Crippen LogP contribution in [0.5, 0.6) is 0 Å². The van der Waals surface area contributed by atoms with Gasteiger partial charge in [-0.2, -0.15) is 18.3 Å². The summed E-state index contributed by atoms with van der Waals surface area (Å²) in [5.74, 6) is 0.357. The van der Waals surface area contributed by atoms with Crippen LogP contribution in [-0.2, 0) is 6.18 Å². The Morgan fingerprint density at radius 2 is 1.77 bits per heavy atom. The van der Waals surface area contributed by atoms with E-state index < -0.39 is 11.7 Å². The quantitative estimate of drug-likeness (QED) is 0.557. The molecule has 0 fully saturated rings. The first-order valence-corrected chi connectivity index (χ1v) is 7.79. The molecule has 0 saturated carbocycles. The topological polar surface area (TPSA) is 55.1 Å². The maximum atomic E-state index is 12.9. The summed E-state index contributed by atoms with van der Waals surface area (Å²) in [6, 6.07) is 10.4. The molecule has 1 aromatic carbocycles. The maximum absolute atomic E-state index is 12.9. The van der Waals surface area contributed by atoms with Crippen molar-refractivity contribution >= 4 is 12.2 Å². The minimum Gasteiger partial charge on any atom is -0.316 e. The number of nitrogens with zero attached hydrogens (tertiary/aromatic N) is 4. The van der Waals surface area contributed by atoms with E-state index in [1.165, 1.54) is 12.3 Å². The molecule has 3 rings (SSSR count). The fourth-order valence-electron chi connectivity index (χ4n) is 2.50. The lowest BCUT2D eigenvalue weighted by Gasteiger charge is -2.11. The average Bonchev–Trinajstić information content (AvgIpc) is 3.02. The van der Waals surface area contributed by atoms with E-state index in [1.807, 2.05) is 19.9 Å². The highest BCUT2D eigenvalue weighted by Crippen LogP contribution is 2.30. The zero-order valence-electron chi connectivity index (χ0n) is 14.1. The van der Waals surface area contributed by atoms with E-state index in [0.29, 0.717) is 17.3 Å². The van der Waals surface area contributed by atoms with E-state index in [4.69, 9.17) is 0 Å². The number of aromatic nitrogens is 3. The van der Waals surface area contributed by atoms with Gasteiger partial charge >= 0.3 is 6.18 Å². The van der Waals surface area contributed by atoms with Gasteiger partial charge < -0.3 is 4.57 Å². The molecular weight excluding hydrogens is 343 g/mol. The molecule has 8 heteroatoms. The highest BCUT2D eigenvalue weighted by molar-refractivity contribution is 5.79. The third-order valence-electron chi connectivity index (χ3n) is 3.58. The standard InChI is InChI=1S/C18H16F3N5/c1-12-9-13(2)24-17(23-12)25-22-11-16-7-4-8-26(16)15-6-3-5-14(10-15)18(19,20)21/h3-11H,1-2H3,(H,23,24,25)/b22-11+. The van der Waals surface area contributed by atoms with Gasteiger partial charge in [0.15, 0.2) is 0 Å². The normalized spacial score (nSPS) is 11.9. The zero-order valence-corrected chi connectivity index (χ0v) is 14.1. The largest absolute Gasteiger partial charge is 0.416 e. The molecule has 26 heavy (non-hydrogen) atoms. The minimum absolute atomic E-state index is 0.357. The first-order chi connectivity index (χ1) is 12.3. The van der Waals surface area contributed by atoms with Gasteiger partial charge in [-0.3, -0.25) is 0 Å². The van der Waals surface area contributed by atoms with E-state index in [-0.39, 0.29) is 0 Å². The van der Waals surface area contributed by atoms with Gasteiger partial charge in [0.1, 0.15) is 0 Å². The molecule has 0 saturated heterocycles. The van der Waals surface area contributed by atoms with Gasteiger partial charge in [0.2, 0.25) is 5.95 Å². The molecule has 2 aromatic heterocycles.